The molecule has 1 aliphatic rings. The Bertz CT molecular complexity index is 633. The largest absolute Gasteiger partial charge is 0.356 e. The molecule has 0 bridgehead atoms. The quantitative estimate of drug-likeness (QED) is 0.350. The van der Waals surface area contributed by atoms with Gasteiger partial charge in [-0.15, -0.1) is 11.8 Å². The lowest BCUT2D eigenvalue weighted by Crippen LogP contribution is -2.44. The first kappa shape index (κ1) is 18.1. The number of nitrogens with one attached hydrogen (secondary N) is 2. The maximum Gasteiger partial charge on any atom is 0.191 e. The van der Waals surface area contributed by atoms with Crippen molar-refractivity contribution in [2.45, 2.75) is 23.8 Å². The fraction of sp³-hybridized carbons (Fsp3) is 0.533. The third kappa shape index (κ3) is 6.39. The van der Waals surface area contributed by atoms with Crippen molar-refractivity contribution in [1.29, 1.82) is 0 Å². The van der Waals surface area contributed by atoms with E-state index in [1.807, 2.05) is 0 Å². The van der Waals surface area contributed by atoms with Crippen molar-refractivity contribution in [1.82, 2.24) is 10.6 Å². The average molecular weight is 359 g/mol. The van der Waals surface area contributed by atoms with Crippen molar-refractivity contribution in [3.63, 3.8) is 0 Å². The lowest BCUT2D eigenvalue weighted by Gasteiger charge is -2.15. The van der Waals surface area contributed by atoms with Crippen LogP contribution in [0.5, 0.6) is 0 Å². The lowest BCUT2D eigenvalue weighted by molar-refractivity contribution is 0.599. The van der Waals surface area contributed by atoms with Crippen LogP contribution in [-0.4, -0.2) is 51.3 Å². The van der Waals surface area contributed by atoms with Crippen molar-refractivity contribution in [2.75, 3.05) is 30.9 Å². The second-order valence-electron chi connectivity index (χ2n) is 5.40. The number of hydrogen-bond acceptors (Lipinski definition) is 4. The zero-order valence-electron chi connectivity index (χ0n) is 13.1. The Morgan fingerprint density at radius 3 is 2.74 bits per heavy atom. The number of benzene rings is 1. The van der Waals surface area contributed by atoms with Crippen LogP contribution in [0.4, 0.5) is 4.39 Å². The van der Waals surface area contributed by atoms with Gasteiger partial charge in [0.1, 0.15) is 5.82 Å². The lowest BCUT2D eigenvalue weighted by atomic mass is 10.3. The van der Waals surface area contributed by atoms with Gasteiger partial charge in [-0.1, -0.05) is 0 Å². The number of aliphatic imine (C=N–C) groups is 1. The number of thioether (sulfide) groups is 1. The summed E-state index contributed by atoms with van der Waals surface area (Å²) in [6.45, 7) is 0.743. The van der Waals surface area contributed by atoms with Crippen LogP contribution in [0.3, 0.4) is 0 Å². The van der Waals surface area contributed by atoms with Gasteiger partial charge in [0.2, 0.25) is 0 Å². The number of guanidine groups is 1. The second-order valence-corrected chi connectivity index (χ2v) is 8.80. The smallest absolute Gasteiger partial charge is 0.191 e. The van der Waals surface area contributed by atoms with Crippen LogP contribution in [0.1, 0.15) is 12.8 Å². The van der Waals surface area contributed by atoms with Gasteiger partial charge >= 0.3 is 0 Å². The topological polar surface area (TPSA) is 70.6 Å². The molecular formula is C15H22FN3O2S2. The molecule has 2 rings (SSSR count). The van der Waals surface area contributed by atoms with Gasteiger partial charge in [-0.05, 0) is 42.9 Å². The molecule has 1 saturated heterocycles. The molecule has 1 heterocycles. The minimum absolute atomic E-state index is 0.0557. The molecule has 0 spiro atoms. The van der Waals surface area contributed by atoms with Crippen molar-refractivity contribution >= 4 is 27.6 Å². The van der Waals surface area contributed by atoms with E-state index < -0.39 is 9.84 Å². The molecule has 1 atom stereocenters. The van der Waals surface area contributed by atoms with Crippen molar-refractivity contribution < 1.29 is 12.8 Å². The van der Waals surface area contributed by atoms with E-state index in [2.05, 4.69) is 15.6 Å². The Balaban J connectivity index is 1.63. The van der Waals surface area contributed by atoms with Gasteiger partial charge in [0.15, 0.2) is 15.8 Å². The van der Waals surface area contributed by atoms with Crippen molar-refractivity contribution in [2.24, 2.45) is 4.99 Å². The normalized spacial score (nSPS) is 20.4. The molecule has 8 heteroatoms. The van der Waals surface area contributed by atoms with Crippen LogP contribution in [0.15, 0.2) is 34.2 Å². The SMILES string of the molecule is CN=C(NCCCSc1ccc(F)cc1)NC1CCS(=O)(=O)C1. The predicted molar refractivity (Wildman–Crippen MR) is 93.3 cm³/mol. The molecule has 1 aromatic carbocycles. The molecule has 1 aromatic rings. The molecule has 0 saturated carbocycles. The summed E-state index contributed by atoms with van der Waals surface area (Å²) in [5.74, 6) is 1.75. The maximum absolute atomic E-state index is 12.8. The molecule has 0 radical (unpaired) electrons. The molecule has 1 fully saturated rings. The van der Waals surface area contributed by atoms with E-state index in [4.69, 9.17) is 0 Å². The summed E-state index contributed by atoms with van der Waals surface area (Å²) in [4.78, 5) is 5.16. The molecule has 0 amide bonds. The van der Waals surface area contributed by atoms with Crippen LogP contribution < -0.4 is 10.6 Å². The summed E-state index contributed by atoms with van der Waals surface area (Å²) in [5, 5.41) is 6.34. The first-order valence-corrected chi connectivity index (χ1v) is 10.4. The number of rotatable bonds is 6. The van der Waals surface area contributed by atoms with Gasteiger partial charge in [0.05, 0.1) is 11.5 Å². The Morgan fingerprint density at radius 1 is 1.39 bits per heavy atom. The molecule has 0 aliphatic carbocycles. The van der Waals surface area contributed by atoms with E-state index in [-0.39, 0.29) is 23.4 Å². The van der Waals surface area contributed by atoms with Gasteiger partial charge in [0, 0.05) is 24.5 Å². The first-order valence-electron chi connectivity index (χ1n) is 7.54. The number of hydrogen-bond donors (Lipinski definition) is 2. The first-order chi connectivity index (χ1) is 11.0. The van der Waals surface area contributed by atoms with E-state index in [1.165, 1.54) is 12.1 Å². The standard InChI is InChI=1S/C15H22FN3O2S2/c1-17-15(19-13-7-10-23(20,21)11-13)18-8-2-9-22-14-5-3-12(16)4-6-14/h3-6,13H,2,7-11H2,1H3,(H2,17,18,19). The van der Waals surface area contributed by atoms with Crippen LogP contribution in [0, 0.1) is 5.82 Å². The average Bonchev–Trinajstić information content (AvgIpc) is 2.86. The molecule has 1 unspecified atom stereocenters. The molecule has 5 nitrogen and oxygen atoms in total. The summed E-state index contributed by atoms with van der Waals surface area (Å²) in [7, 11) is -1.21. The summed E-state index contributed by atoms with van der Waals surface area (Å²) >= 11 is 1.67. The zero-order valence-corrected chi connectivity index (χ0v) is 14.7. The fourth-order valence-corrected chi connectivity index (χ4v) is 4.82. The predicted octanol–water partition coefficient (Wildman–Crippen LogP) is 1.66. The molecular weight excluding hydrogens is 337 g/mol. The number of nitrogens with zero attached hydrogens (tertiary/aromatic N) is 1. The highest BCUT2D eigenvalue weighted by Gasteiger charge is 2.28. The molecule has 128 valence electrons. The summed E-state index contributed by atoms with van der Waals surface area (Å²) in [5.41, 5.74) is 0. The van der Waals surface area contributed by atoms with E-state index in [1.54, 1.807) is 30.9 Å². The number of sulfone groups is 1. The third-order valence-electron chi connectivity index (χ3n) is 3.49. The third-order valence-corrected chi connectivity index (χ3v) is 6.36. The van der Waals surface area contributed by atoms with Crippen molar-refractivity contribution in [3.05, 3.63) is 30.1 Å². The highest BCUT2D eigenvalue weighted by molar-refractivity contribution is 7.99. The Hall–Kier alpha value is -1.28. The minimum Gasteiger partial charge on any atom is -0.356 e. The highest BCUT2D eigenvalue weighted by Crippen LogP contribution is 2.18. The number of halogens is 1. The van der Waals surface area contributed by atoms with Gasteiger partial charge in [-0.25, -0.2) is 12.8 Å². The highest BCUT2D eigenvalue weighted by atomic mass is 32.2. The minimum atomic E-state index is -2.89. The fourth-order valence-electron chi connectivity index (χ4n) is 2.30. The Kier molecular flexibility index (Phi) is 6.71. The summed E-state index contributed by atoms with van der Waals surface area (Å²) < 4.78 is 35.7. The maximum atomic E-state index is 12.8. The second kappa shape index (κ2) is 8.54. The molecule has 1 aliphatic heterocycles. The van der Waals surface area contributed by atoms with E-state index >= 15 is 0 Å². The Labute approximate surface area is 141 Å². The molecule has 23 heavy (non-hydrogen) atoms. The summed E-state index contributed by atoms with van der Waals surface area (Å²) in [6, 6.07) is 6.41. The van der Waals surface area contributed by atoms with Gasteiger partial charge in [0.25, 0.3) is 0 Å². The van der Waals surface area contributed by atoms with Crippen LogP contribution >= 0.6 is 11.8 Å². The zero-order chi connectivity index (χ0) is 16.7. The van der Waals surface area contributed by atoms with Crippen LogP contribution in [0.25, 0.3) is 0 Å². The Morgan fingerprint density at radius 2 is 2.13 bits per heavy atom. The van der Waals surface area contributed by atoms with E-state index in [0.717, 1.165) is 23.6 Å². The van der Waals surface area contributed by atoms with Gasteiger partial charge in [-0.2, -0.15) is 0 Å². The van der Waals surface area contributed by atoms with Gasteiger partial charge < -0.3 is 10.6 Å². The molecule has 2 N–H and O–H groups in total. The van der Waals surface area contributed by atoms with Crippen LogP contribution in [0.2, 0.25) is 0 Å². The summed E-state index contributed by atoms with van der Waals surface area (Å²) in [6.07, 6.45) is 1.55. The molecule has 0 aromatic heterocycles. The van der Waals surface area contributed by atoms with E-state index in [9.17, 15) is 12.8 Å². The van der Waals surface area contributed by atoms with E-state index in [0.29, 0.717) is 12.4 Å². The van der Waals surface area contributed by atoms with Crippen LogP contribution in [-0.2, 0) is 9.84 Å². The van der Waals surface area contributed by atoms with Crippen molar-refractivity contribution in [3.8, 4) is 0 Å². The van der Waals surface area contributed by atoms with Gasteiger partial charge in [-0.3, -0.25) is 4.99 Å². The monoisotopic (exact) mass is 359 g/mol.